The van der Waals surface area contributed by atoms with Gasteiger partial charge in [-0.3, -0.25) is 4.79 Å². The number of nitrogens with two attached hydrogens (primary N) is 1. The topological polar surface area (TPSA) is 84.1 Å². The average molecular weight is 235 g/mol. The van der Waals surface area contributed by atoms with Crippen LogP contribution >= 0.6 is 0 Å². The van der Waals surface area contributed by atoms with Crippen LogP contribution in [-0.2, 0) is 0 Å². The van der Waals surface area contributed by atoms with Gasteiger partial charge in [0.05, 0.1) is 0 Å². The van der Waals surface area contributed by atoms with E-state index in [9.17, 15) is 4.79 Å². The van der Waals surface area contributed by atoms with Crippen LogP contribution in [0, 0.1) is 0 Å². The molecule has 0 spiro atoms. The summed E-state index contributed by atoms with van der Waals surface area (Å²) in [6, 6.07) is 4.05. The van der Waals surface area contributed by atoms with Gasteiger partial charge < -0.3 is 16.0 Å². The summed E-state index contributed by atoms with van der Waals surface area (Å²) < 4.78 is 0. The summed E-state index contributed by atoms with van der Waals surface area (Å²) in [5.74, 6) is 0.575. The molecular weight excluding hydrogens is 218 g/mol. The third-order valence-electron chi connectivity index (χ3n) is 2.76. The van der Waals surface area contributed by atoms with Crippen LogP contribution in [0.3, 0.4) is 0 Å². The smallest absolute Gasteiger partial charge is 0.271 e. The Bertz CT molecular complexity index is 387. The van der Waals surface area contributed by atoms with Crippen LogP contribution in [0.5, 0.6) is 0 Å². The maximum absolute atomic E-state index is 11.3. The number of nitrogens with one attached hydrogen (secondary N) is 1. The molecule has 0 aliphatic heterocycles. The third-order valence-corrected chi connectivity index (χ3v) is 2.76. The zero-order valence-corrected chi connectivity index (χ0v) is 9.89. The number of nitrogens with zero attached hydrogens (tertiary/aromatic N) is 3. The second kappa shape index (κ2) is 5.09. The second-order valence-corrected chi connectivity index (χ2v) is 4.07. The van der Waals surface area contributed by atoms with Crippen LogP contribution in [0.2, 0.25) is 0 Å². The highest BCUT2D eigenvalue weighted by Crippen LogP contribution is 2.29. The van der Waals surface area contributed by atoms with E-state index in [-0.39, 0.29) is 5.91 Å². The number of rotatable bonds is 5. The molecular formula is C11H17N5O. The Balaban J connectivity index is 2.12. The Kier molecular flexibility index (Phi) is 3.53. The standard InChI is InChI=1S/C11H17N5O/c1-13-11(17)9-4-5-10(15-14-9)16(7-6-12)8-2-3-8/h4-5,8H,2-3,6-7,12H2,1H3,(H,13,17). The average Bonchev–Trinajstić information content (AvgIpc) is 3.19. The highest BCUT2D eigenvalue weighted by atomic mass is 16.1. The molecule has 1 fully saturated rings. The molecule has 1 aliphatic carbocycles. The van der Waals surface area contributed by atoms with Gasteiger partial charge in [-0.05, 0) is 25.0 Å². The summed E-state index contributed by atoms with van der Waals surface area (Å²) in [6.07, 6.45) is 2.36. The number of amides is 1. The van der Waals surface area contributed by atoms with Gasteiger partial charge in [0.25, 0.3) is 5.91 Å². The van der Waals surface area contributed by atoms with E-state index in [1.807, 2.05) is 6.07 Å². The van der Waals surface area contributed by atoms with Crippen LogP contribution in [0.4, 0.5) is 5.82 Å². The summed E-state index contributed by atoms with van der Waals surface area (Å²) in [5.41, 5.74) is 5.91. The Morgan fingerprint density at radius 1 is 1.53 bits per heavy atom. The van der Waals surface area contributed by atoms with Crippen molar-refractivity contribution in [3.63, 3.8) is 0 Å². The van der Waals surface area contributed by atoms with E-state index in [1.54, 1.807) is 13.1 Å². The molecule has 0 bridgehead atoms. The number of carbonyl (C=O) groups is 1. The number of hydrogen-bond acceptors (Lipinski definition) is 5. The summed E-state index contributed by atoms with van der Waals surface area (Å²) >= 11 is 0. The van der Waals surface area contributed by atoms with E-state index in [0.29, 0.717) is 18.3 Å². The van der Waals surface area contributed by atoms with E-state index in [0.717, 1.165) is 12.4 Å². The monoisotopic (exact) mass is 235 g/mol. The van der Waals surface area contributed by atoms with Crippen LogP contribution in [-0.4, -0.2) is 42.3 Å². The lowest BCUT2D eigenvalue weighted by molar-refractivity contribution is 0.0957. The van der Waals surface area contributed by atoms with Crippen LogP contribution in [0.1, 0.15) is 23.3 Å². The van der Waals surface area contributed by atoms with Crippen molar-refractivity contribution in [3.05, 3.63) is 17.8 Å². The first-order chi connectivity index (χ1) is 8.26. The molecule has 0 atom stereocenters. The summed E-state index contributed by atoms with van der Waals surface area (Å²) in [4.78, 5) is 13.5. The Morgan fingerprint density at radius 3 is 2.76 bits per heavy atom. The van der Waals surface area contributed by atoms with E-state index in [1.165, 1.54) is 12.8 Å². The Morgan fingerprint density at radius 2 is 2.29 bits per heavy atom. The van der Waals surface area contributed by atoms with Crippen LogP contribution in [0.25, 0.3) is 0 Å². The molecule has 0 saturated heterocycles. The Hall–Kier alpha value is -1.69. The molecule has 1 amide bonds. The first kappa shape index (κ1) is 11.8. The molecule has 0 aromatic carbocycles. The van der Waals surface area contributed by atoms with Gasteiger partial charge in [0.2, 0.25) is 0 Å². The van der Waals surface area contributed by atoms with Crippen molar-refractivity contribution in [2.24, 2.45) is 5.73 Å². The van der Waals surface area contributed by atoms with Crippen molar-refractivity contribution in [3.8, 4) is 0 Å². The lowest BCUT2D eigenvalue weighted by Gasteiger charge is -2.21. The van der Waals surface area contributed by atoms with Crippen molar-refractivity contribution in [1.29, 1.82) is 0 Å². The fraction of sp³-hybridized carbons (Fsp3) is 0.545. The number of anilines is 1. The predicted octanol–water partition coefficient (Wildman–Crippen LogP) is -0.236. The van der Waals surface area contributed by atoms with Gasteiger partial charge in [-0.25, -0.2) is 0 Å². The molecule has 0 radical (unpaired) electrons. The van der Waals surface area contributed by atoms with Crippen LogP contribution in [0.15, 0.2) is 12.1 Å². The van der Waals surface area contributed by atoms with Crippen molar-refractivity contribution >= 4 is 11.7 Å². The molecule has 17 heavy (non-hydrogen) atoms. The zero-order valence-electron chi connectivity index (χ0n) is 9.89. The lowest BCUT2D eigenvalue weighted by atomic mass is 10.3. The molecule has 6 nitrogen and oxygen atoms in total. The minimum atomic E-state index is -0.221. The van der Waals surface area contributed by atoms with Crippen LogP contribution < -0.4 is 16.0 Å². The van der Waals surface area contributed by atoms with Crippen molar-refractivity contribution in [2.45, 2.75) is 18.9 Å². The summed E-state index contributed by atoms with van der Waals surface area (Å²) in [5, 5.41) is 10.5. The molecule has 1 heterocycles. The first-order valence-electron chi connectivity index (χ1n) is 5.78. The highest BCUT2D eigenvalue weighted by Gasteiger charge is 2.29. The maximum atomic E-state index is 11.3. The maximum Gasteiger partial charge on any atom is 0.271 e. The fourth-order valence-electron chi connectivity index (χ4n) is 1.74. The van der Waals surface area contributed by atoms with Crippen molar-refractivity contribution < 1.29 is 4.79 Å². The molecule has 1 saturated carbocycles. The number of hydrogen-bond donors (Lipinski definition) is 2. The number of carbonyl (C=O) groups excluding carboxylic acids is 1. The first-order valence-corrected chi connectivity index (χ1v) is 5.78. The third kappa shape index (κ3) is 2.71. The molecule has 1 aromatic rings. The second-order valence-electron chi connectivity index (χ2n) is 4.07. The van der Waals surface area contributed by atoms with E-state index >= 15 is 0 Å². The van der Waals surface area contributed by atoms with Crippen molar-refractivity contribution in [2.75, 3.05) is 25.0 Å². The fourth-order valence-corrected chi connectivity index (χ4v) is 1.74. The van der Waals surface area contributed by atoms with Gasteiger partial charge in [0.1, 0.15) is 0 Å². The predicted molar refractivity (Wildman–Crippen MR) is 64.8 cm³/mol. The molecule has 92 valence electrons. The minimum Gasteiger partial charge on any atom is -0.354 e. The van der Waals surface area contributed by atoms with E-state index < -0.39 is 0 Å². The molecule has 1 aliphatic rings. The molecule has 2 rings (SSSR count). The van der Waals surface area contributed by atoms with Crippen molar-refractivity contribution in [1.82, 2.24) is 15.5 Å². The van der Waals surface area contributed by atoms with Gasteiger partial charge in [-0.2, -0.15) is 0 Å². The van der Waals surface area contributed by atoms with Gasteiger partial charge in [0, 0.05) is 26.2 Å². The summed E-state index contributed by atoms with van der Waals surface area (Å²) in [6.45, 7) is 1.37. The summed E-state index contributed by atoms with van der Waals surface area (Å²) in [7, 11) is 1.57. The molecule has 3 N–H and O–H groups in total. The molecule has 1 aromatic heterocycles. The normalized spacial score (nSPS) is 14.5. The highest BCUT2D eigenvalue weighted by molar-refractivity contribution is 5.91. The van der Waals surface area contributed by atoms with Gasteiger partial charge in [-0.1, -0.05) is 0 Å². The van der Waals surface area contributed by atoms with Gasteiger partial charge in [0.15, 0.2) is 11.5 Å². The molecule has 0 unspecified atom stereocenters. The van der Waals surface area contributed by atoms with Gasteiger partial charge >= 0.3 is 0 Å². The largest absolute Gasteiger partial charge is 0.354 e. The quantitative estimate of drug-likeness (QED) is 0.736. The van der Waals surface area contributed by atoms with E-state index in [4.69, 9.17) is 5.73 Å². The zero-order chi connectivity index (χ0) is 12.3. The van der Waals surface area contributed by atoms with E-state index in [2.05, 4.69) is 20.4 Å². The molecule has 6 heteroatoms. The SMILES string of the molecule is CNC(=O)c1ccc(N(CCN)C2CC2)nn1. The van der Waals surface area contributed by atoms with Gasteiger partial charge in [-0.15, -0.1) is 10.2 Å². The lowest BCUT2D eigenvalue weighted by Crippen LogP contribution is -2.32. The number of aromatic nitrogens is 2. The Labute approximate surface area is 100 Å². The minimum absolute atomic E-state index is 0.221.